The van der Waals surface area contributed by atoms with Crippen molar-refractivity contribution in [1.29, 1.82) is 0 Å². The lowest BCUT2D eigenvalue weighted by atomic mass is 10.3. The Hall–Kier alpha value is -2.23. The van der Waals surface area contributed by atoms with Gasteiger partial charge in [0.25, 0.3) is 0 Å². The molecule has 2 aromatic rings. The maximum atomic E-state index is 12.3. The third-order valence-corrected chi connectivity index (χ3v) is 3.53. The molecule has 0 amide bonds. The largest absolute Gasteiger partial charge is 0.573 e. The highest BCUT2D eigenvalue weighted by Crippen LogP contribution is 2.32. The standard InChI is InChI=1S/C13H10BrF3N2O4/c1-19-11(12(20)21)10(14)7(18-19)6-22-8-4-2-3-5-9(8)23-13(15,16)17/h2-5H,6H2,1H3,(H,20,21). The Labute approximate surface area is 136 Å². The number of carboxylic acids is 1. The van der Waals surface area contributed by atoms with Crippen LogP contribution in [0.4, 0.5) is 13.2 Å². The number of aryl methyl sites for hydroxylation is 1. The Kier molecular flexibility index (Phi) is 4.83. The fourth-order valence-corrected chi connectivity index (χ4v) is 2.42. The van der Waals surface area contributed by atoms with E-state index in [-0.39, 0.29) is 28.2 Å². The van der Waals surface area contributed by atoms with Crippen molar-refractivity contribution in [3.8, 4) is 11.5 Å². The summed E-state index contributed by atoms with van der Waals surface area (Å²) in [6.45, 7) is -0.236. The number of rotatable bonds is 5. The summed E-state index contributed by atoms with van der Waals surface area (Å²) in [6, 6.07) is 5.26. The maximum Gasteiger partial charge on any atom is 0.573 e. The van der Waals surface area contributed by atoms with Crippen LogP contribution in [0.2, 0.25) is 0 Å². The summed E-state index contributed by atoms with van der Waals surface area (Å²) in [5.41, 5.74) is 0.134. The number of carbonyl (C=O) groups is 1. The average molecular weight is 395 g/mol. The van der Waals surface area contributed by atoms with Crippen molar-refractivity contribution in [3.05, 3.63) is 40.1 Å². The minimum absolute atomic E-state index is 0.0940. The smallest absolute Gasteiger partial charge is 0.483 e. The summed E-state index contributed by atoms with van der Waals surface area (Å²) in [7, 11) is 1.43. The number of benzene rings is 1. The monoisotopic (exact) mass is 394 g/mol. The molecule has 0 aliphatic heterocycles. The van der Waals surface area contributed by atoms with Gasteiger partial charge in [0, 0.05) is 7.05 Å². The van der Waals surface area contributed by atoms with Crippen LogP contribution in [0.3, 0.4) is 0 Å². The molecule has 0 atom stereocenters. The predicted octanol–water partition coefficient (Wildman–Crippen LogP) is 3.36. The van der Waals surface area contributed by atoms with Gasteiger partial charge in [0.15, 0.2) is 17.2 Å². The van der Waals surface area contributed by atoms with Crippen molar-refractivity contribution >= 4 is 21.9 Å². The van der Waals surface area contributed by atoms with Gasteiger partial charge in [-0.1, -0.05) is 12.1 Å². The van der Waals surface area contributed by atoms with E-state index in [0.29, 0.717) is 0 Å². The maximum absolute atomic E-state index is 12.3. The second kappa shape index (κ2) is 6.49. The van der Waals surface area contributed by atoms with Crippen molar-refractivity contribution in [2.75, 3.05) is 0 Å². The second-order valence-corrected chi connectivity index (χ2v) is 5.11. The van der Waals surface area contributed by atoms with Gasteiger partial charge in [0.2, 0.25) is 0 Å². The molecular weight excluding hydrogens is 385 g/mol. The van der Waals surface area contributed by atoms with E-state index in [4.69, 9.17) is 9.84 Å². The second-order valence-electron chi connectivity index (χ2n) is 4.32. The molecule has 1 heterocycles. The van der Waals surface area contributed by atoms with Gasteiger partial charge in [-0.25, -0.2) is 4.79 Å². The first-order valence-corrected chi connectivity index (χ1v) is 6.90. The first-order valence-electron chi connectivity index (χ1n) is 6.11. The van der Waals surface area contributed by atoms with Crippen LogP contribution in [0.5, 0.6) is 11.5 Å². The zero-order valence-corrected chi connectivity index (χ0v) is 13.2. The summed E-state index contributed by atoms with van der Waals surface area (Å²) in [5.74, 6) is -1.83. The van der Waals surface area contributed by atoms with Crippen molar-refractivity contribution in [2.45, 2.75) is 13.0 Å². The van der Waals surface area contributed by atoms with Crippen LogP contribution < -0.4 is 9.47 Å². The Bertz CT molecular complexity index is 730. The highest BCUT2D eigenvalue weighted by molar-refractivity contribution is 9.10. The van der Waals surface area contributed by atoms with Gasteiger partial charge in [-0.2, -0.15) is 5.10 Å². The van der Waals surface area contributed by atoms with Crippen LogP contribution in [-0.2, 0) is 13.7 Å². The first kappa shape index (κ1) is 17.1. The number of aromatic nitrogens is 2. The fraction of sp³-hybridized carbons (Fsp3) is 0.231. The van der Waals surface area contributed by atoms with Crippen molar-refractivity contribution in [2.24, 2.45) is 7.05 Å². The molecule has 0 radical (unpaired) electrons. The van der Waals surface area contributed by atoms with E-state index < -0.39 is 18.1 Å². The van der Waals surface area contributed by atoms with E-state index in [1.54, 1.807) is 0 Å². The number of ether oxygens (including phenoxy) is 2. The molecule has 0 aliphatic carbocycles. The minimum atomic E-state index is -4.85. The topological polar surface area (TPSA) is 73.6 Å². The van der Waals surface area contributed by atoms with Crippen LogP contribution in [0.15, 0.2) is 28.7 Å². The molecule has 1 aromatic carbocycles. The zero-order chi connectivity index (χ0) is 17.2. The van der Waals surface area contributed by atoms with Crippen LogP contribution >= 0.6 is 15.9 Å². The normalized spacial score (nSPS) is 11.3. The van der Waals surface area contributed by atoms with Crippen LogP contribution in [-0.4, -0.2) is 27.2 Å². The number of hydrogen-bond donors (Lipinski definition) is 1. The van der Waals surface area contributed by atoms with Crippen LogP contribution in [0, 0.1) is 0 Å². The molecule has 1 aromatic heterocycles. The lowest BCUT2D eigenvalue weighted by molar-refractivity contribution is -0.275. The van der Waals surface area contributed by atoms with E-state index in [1.165, 1.54) is 25.2 Å². The number of carboxylic acid groups (broad SMARTS) is 1. The minimum Gasteiger partial charge on any atom is -0.483 e. The lowest BCUT2D eigenvalue weighted by Crippen LogP contribution is -2.17. The molecule has 124 valence electrons. The van der Waals surface area contributed by atoms with Gasteiger partial charge < -0.3 is 14.6 Å². The predicted molar refractivity (Wildman–Crippen MR) is 75.3 cm³/mol. The van der Waals surface area contributed by atoms with Crippen LogP contribution in [0.25, 0.3) is 0 Å². The number of hydrogen-bond acceptors (Lipinski definition) is 4. The number of para-hydroxylation sites is 2. The Balaban J connectivity index is 2.19. The molecule has 2 rings (SSSR count). The van der Waals surface area contributed by atoms with Gasteiger partial charge in [-0.05, 0) is 28.1 Å². The van der Waals surface area contributed by atoms with Gasteiger partial charge in [-0.3, -0.25) is 4.68 Å². The van der Waals surface area contributed by atoms with Gasteiger partial charge in [0.1, 0.15) is 12.3 Å². The molecule has 0 spiro atoms. The summed E-state index contributed by atoms with van der Waals surface area (Å²) in [6.07, 6.45) is -4.85. The quantitative estimate of drug-likeness (QED) is 0.841. The highest BCUT2D eigenvalue weighted by atomic mass is 79.9. The molecular formula is C13H10BrF3N2O4. The summed E-state index contributed by atoms with van der Waals surface area (Å²) >= 11 is 3.09. The molecule has 23 heavy (non-hydrogen) atoms. The highest BCUT2D eigenvalue weighted by Gasteiger charge is 2.32. The molecule has 0 unspecified atom stereocenters. The number of aromatic carboxylic acids is 1. The van der Waals surface area contributed by atoms with E-state index in [1.807, 2.05) is 0 Å². The molecule has 10 heteroatoms. The summed E-state index contributed by atoms with van der Waals surface area (Å²) in [5, 5.41) is 13.0. The third kappa shape index (κ3) is 4.15. The number of halogens is 4. The number of alkyl halides is 3. The van der Waals surface area contributed by atoms with Crippen molar-refractivity contribution < 1.29 is 32.5 Å². The van der Waals surface area contributed by atoms with Crippen molar-refractivity contribution in [1.82, 2.24) is 9.78 Å². The van der Waals surface area contributed by atoms with Gasteiger partial charge >= 0.3 is 12.3 Å². The molecule has 0 aliphatic rings. The molecule has 6 nitrogen and oxygen atoms in total. The molecule has 0 bridgehead atoms. The summed E-state index contributed by atoms with van der Waals surface area (Å²) < 4.78 is 47.4. The first-order chi connectivity index (χ1) is 10.7. The van der Waals surface area contributed by atoms with E-state index in [0.717, 1.165) is 10.7 Å². The molecule has 0 saturated carbocycles. The molecule has 1 N–H and O–H groups in total. The fourth-order valence-electron chi connectivity index (χ4n) is 1.80. The van der Waals surface area contributed by atoms with Crippen LogP contribution in [0.1, 0.15) is 16.2 Å². The Morgan fingerprint density at radius 1 is 1.35 bits per heavy atom. The van der Waals surface area contributed by atoms with E-state index in [2.05, 4.69) is 25.8 Å². The SMILES string of the molecule is Cn1nc(COc2ccccc2OC(F)(F)F)c(Br)c1C(=O)O. The molecule has 0 saturated heterocycles. The van der Waals surface area contributed by atoms with Gasteiger partial charge in [0.05, 0.1) is 4.47 Å². The zero-order valence-electron chi connectivity index (χ0n) is 11.6. The average Bonchev–Trinajstić information content (AvgIpc) is 2.70. The Morgan fingerprint density at radius 2 is 1.96 bits per heavy atom. The number of nitrogens with zero attached hydrogens (tertiary/aromatic N) is 2. The molecule has 0 fully saturated rings. The van der Waals surface area contributed by atoms with E-state index in [9.17, 15) is 18.0 Å². The van der Waals surface area contributed by atoms with E-state index >= 15 is 0 Å². The third-order valence-electron chi connectivity index (χ3n) is 2.70. The van der Waals surface area contributed by atoms with Gasteiger partial charge in [-0.15, -0.1) is 13.2 Å². The van der Waals surface area contributed by atoms with Crippen molar-refractivity contribution in [3.63, 3.8) is 0 Å². The Morgan fingerprint density at radius 3 is 2.48 bits per heavy atom. The summed E-state index contributed by atoms with van der Waals surface area (Å²) in [4.78, 5) is 11.1. The lowest BCUT2D eigenvalue weighted by Gasteiger charge is -2.13.